The number of nitrogens with zero attached hydrogens (tertiary/aromatic N) is 1. The zero-order valence-electron chi connectivity index (χ0n) is 12.8. The molecule has 4 nitrogen and oxygen atoms in total. The van der Waals surface area contributed by atoms with Crippen LogP contribution in [0.5, 0.6) is 0 Å². The molecule has 0 atom stereocenters. The lowest BCUT2D eigenvalue weighted by Gasteiger charge is -2.33. The summed E-state index contributed by atoms with van der Waals surface area (Å²) in [5, 5.41) is 0. The molecular formula is C17H23NO3. The van der Waals surface area contributed by atoms with E-state index in [-0.39, 0.29) is 11.8 Å². The Labute approximate surface area is 126 Å². The van der Waals surface area contributed by atoms with E-state index >= 15 is 0 Å². The molecule has 0 aliphatic carbocycles. The number of anilines is 1. The predicted octanol–water partition coefficient (Wildman–Crippen LogP) is 3.06. The van der Waals surface area contributed by atoms with Crippen molar-refractivity contribution in [1.82, 2.24) is 0 Å². The Kier molecular flexibility index (Phi) is 5.37. The largest absolute Gasteiger partial charge is 0.466 e. The molecule has 0 saturated carbocycles. The number of hydrogen-bond donors (Lipinski definition) is 0. The minimum absolute atomic E-state index is 0.103. The molecule has 4 heteroatoms. The maximum atomic E-state index is 11.3. The van der Waals surface area contributed by atoms with Crippen LogP contribution in [-0.2, 0) is 9.53 Å². The van der Waals surface area contributed by atoms with Gasteiger partial charge in [0.15, 0.2) is 5.78 Å². The number of rotatable bonds is 5. The van der Waals surface area contributed by atoms with E-state index in [2.05, 4.69) is 4.90 Å². The molecule has 1 aromatic rings. The molecule has 21 heavy (non-hydrogen) atoms. The highest BCUT2D eigenvalue weighted by atomic mass is 16.5. The van der Waals surface area contributed by atoms with E-state index in [4.69, 9.17) is 4.74 Å². The summed E-state index contributed by atoms with van der Waals surface area (Å²) in [4.78, 5) is 24.4. The van der Waals surface area contributed by atoms with Gasteiger partial charge in [0.25, 0.3) is 0 Å². The minimum atomic E-state index is -0.196. The molecule has 0 amide bonds. The van der Waals surface area contributed by atoms with Crippen LogP contribution >= 0.6 is 0 Å². The Morgan fingerprint density at radius 1 is 1.14 bits per heavy atom. The van der Waals surface area contributed by atoms with Gasteiger partial charge in [0.2, 0.25) is 0 Å². The Bertz CT molecular complexity index is 487. The molecule has 0 spiro atoms. The lowest BCUT2D eigenvalue weighted by Crippen LogP contribution is -2.34. The summed E-state index contributed by atoms with van der Waals surface area (Å²) in [6.45, 7) is 5.61. The number of piperidine rings is 1. The van der Waals surface area contributed by atoms with Gasteiger partial charge in [0.1, 0.15) is 0 Å². The highest BCUT2D eigenvalue weighted by molar-refractivity contribution is 5.94. The zero-order chi connectivity index (χ0) is 15.2. The highest BCUT2D eigenvalue weighted by Crippen LogP contribution is 2.25. The average Bonchev–Trinajstić information content (AvgIpc) is 2.48. The van der Waals surface area contributed by atoms with Crippen LogP contribution in [0, 0.1) is 5.92 Å². The molecular weight excluding hydrogens is 266 g/mol. The molecule has 114 valence electrons. The Balaban J connectivity index is 1.80. The highest BCUT2D eigenvalue weighted by Gasteiger charge is 2.19. The van der Waals surface area contributed by atoms with Gasteiger partial charge in [-0.1, -0.05) is 0 Å². The number of hydrogen-bond acceptors (Lipinski definition) is 4. The molecule has 1 fully saturated rings. The fraction of sp³-hybridized carbons (Fsp3) is 0.529. The lowest BCUT2D eigenvalue weighted by molar-refractivity contribution is -0.141. The van der Waals surface area contributed by atoms with E-state index in [0.29, 0.717) is 12.5 Å². The second-order valence-corrected chi connectivity index (χ2v) is 5.66. The number of esters is 1. The predicted molar refractivity (Wildman–Crippen MR) is 82.6 cm³/mol. The molecule has 1 heterocycles. The van der Waals surface area contributed by atoms with Crippen molar-refractivity contribution in [2.75, 3.05) is 24.6 Å². The third-order valence-electron chi connectivity index (χ3n) is 4.08. The van der Waals surface area contributed by atoms with Gasteiger partial charge in [0, 0.05) is 31.3 Å². The Morgan fingerprint density at radius 3 is 2.29 bits per heavy atom. The van der Waals surface area contributed by atoms with Crippen LogP contribution in [0.4, 0.5) is 5.69 Å². The topological polar surface area (TPSA) is 46.6 Å². The van der Waals surface area contributed by atoms with Crippen molar-refractivity contribution in [3.05, 3.63) is 29.8 Å². The van der Waals surface area contributed by atoms with Gasteiger partial charge >= 0.3 is 5.97 Å². The first-order valence-electron chi connectivity index (χ1n) is 7.55. The van der Waals surface area contributed by atoms with E-state index < -0.39 is 0 Å². The summed E-state index contributed by atoms with van der Waals surface area (Å²) < 4.78 is 5.01. The van der Waals surface area contributed by atoms with Crippen LogP contribution in [0.1, 0.15) is 43.5 Å². The van der Waals surface area contributed by atoms with Gasteiger partial charge in [-0.3, -0.25) is 9.59 Å². The minimum Gasteiger partial charge on any atom is -0.466 e. The first kappa shape index (κ1) is 15.5. The molecule has 1 aliphatic heterocycles. The summed E-state index contributed by atoms with van der Waals surface area (Å²) in [6, 6.07) is 7.83. The van der Waals surface area contributed by atoms with Gasteiger partial charge in [-0.15, -0.1) is 0 Å². The van der Waals surface area contributed by atoms with Crippen molar-refractivity contribution in [2.45, 2.75) is 33.1 Å². The first-order chi connectivity index (χ1) is 10.1. The van der Waals surface area contributed by atoms with Crippen LogP contribution in [-0.4, -0.2) is 31.4 Å². The maximum absolute atomic E-state index is 11.3. The van der Waals surface area contributed by atoms with Crippen molar-refractivity contribution in [2.24, 2.45) is 5.92 Å². The van der Waals surface area contributed by atoms with Crippen molar-refractivity contribution >= 4 is 17.4 Å². The number of ether oxygens (including phenoxy) is 1. The summed E-state index contributed by atoms with van der Waals surface area (Å²) in [6.07, 6.45) is 3.20. The van der Waals surface area contributed by atoms with Crippen LogP contribution in [0.2, 0.25) is 0 Å². The van der Waals surface area contributed by atoms with E-state index in [1.54, 1.807) is 6.92 Å². The number of carbonyl (C=O) groups is 2. The molecule has 1 aliphatic rings. The number of benzene rings is 1. The molecule has 1 saturated heterocycles. The third-order valence-corrected chi connectivity index (χ3v) is 4.08. The first-order valence-corrected chi connectivity index (χ1v) is 7.55. The normalized spacial score (nSPS) is 15.8. The monoisotopic (exact) mass is 289 g/mol. The van der Waals surface area contributed by atoms with E-state index in [1.807, 2.05) is 24.3 Å². The van der Waals surface area contributed by atoms with Crippen LogP contribution < -0.4 is 4.90 Å². The van der Waals surface area contributed by atoms with Gasteiger partial charge in [-0.25, -0.2) is 0 Å². The van der Waals surface area contributed by atoms with Gasteiger partial charge < -0.3 is 9.64 Å². The average molecular weight is 289 g/mol. The summed E-state index contributed by atoms with van der Waals surface area (Å²) in [5.41, 5.74) is 1.94. The summed E-state index contributed by atoms with van der Waals surface area (Å²) in [5.74, 6) is 0.542. The number of carbonyl (C=O) groups excluding carboxylic acids is 2. The van der Waals surface area contributed by atoms with E-state index in [0.717, 1.165) is 37.9 Å². The molecule has 0 radical (unpaired) electrons. The number of ketones is 1. The fourth-order valence-electron chi connectivity index (χ4n) is 2.76. The van der Waals surface area contributed by atoms with Crippen molar-refractivity contribution in [3.63, 3.8) is 0 Å². The quantitative estimate of drug-likeness (QED) is 0.617. The maximum Gasteiger partial charge on any atom is 0.302 e. The Morgan fingerprint density at radius 2 is 1.76 bits per heavy atom. The second-order valence-electron chi connectivity index (χ2n) is 5.66. The molecule has 0 unspecified atom stereocenters. The SMILES string of the molecule is CC(=O)OCCC1CCN(c2ccc(C(C)=O)cc2)CC1. The van der Waals surface area contributed by atoms with Crippen molar-refractivity contribution in [3.8, 4) is 0 Å². The third kappa shape index (κ3) is 4.59. The number of Topliss-reactive ketones (excluding diaryl/α,β-unsaturated/α-hetero) is 1. The van der Waals surface area contributed by atoms with E-state index in [9.17, 15) is 9.59 Å². The van der Waals surface area contributed by atoms with Gasteiger partial charge in [-0.2, -0.15) is 0 Å². The fourth-order valence-corrected chi connectivity index (χ4v) is 2.76. The summed E-state index contributed by atoms with van der Waals surface area (Å²) in [7, 11) is 0. The van der Waals surface area contributed by atoms with E-state index in [1.165, 1.54) is 12.6 Å². The van der Waals surface area contributed by atoms with Crippen molar-refractivity contribution in [1.29, 1.82) is 0 Å². The molecule has 0 bridgehead atoms. The summed E-state index contributed by atoms with van der Waals surface area (Å²) >= 11 is 0. The second kappa shape index (κ2) is 7.25. The zero-order valence-corrected chi connectivity index (χ0v) is 12.8. The van der Waals surface area contributed by atoms with Crippen LogP contribution in [0.3, 0.4) is 0 Å². The van der Waals surface area contributed by atoms with Gasteiger partial charge in [0.05, 0.1) is 6.61 Å². The Hall–Kier alpha value is -1.84. The standard InChI is InChI=1S/C17H23NO3/c1-13(19)16-3-5-17(6-4-16)18-10-7-15(8-11-18)9-12-21-14(2)20/h3-6,15H,7-12H2,1-2H3. The molecule has 0 aromatic heterocycles. The van der Waals surface area contributed by atoms with Crippen molar-refractivity contribution < 1.29 is 14.3 Å². The van der Waals surface area contributed by atoms with Gasteiger partial charge in [-0.05, 0) is 56.4 Å². The van der Waals surface area contributed by atoms with Crippen LogP contribution in [0.25, 0.3) is 0 Å². The molecule has 2 rings (SSSR count). The molecule has 1 aromatic carbocycles. The van der Waals surface area contributed by atoms with Crippen LogP contribution in [0.15, 0.2) is 24.3 Å². The lowest BCUT2D eigenvalue weighted by atomic mass is 9.93. The molecule has 0 N–H and O–H groups in total. The smallest absolute Gasteiger partial charge is 0.302 e.